The number of nitrogens with one attached hydrogen (secondary N) is 1. The fourth-order valence-electron chi connectivity index (χ4n) is 1.56. The summed E-state index contributed by atoms with van der Waals surface area (Å²) in [6.07, 6.45) is 0. The molecule has 0 aliphatic rings. The van der Waals surface area contributed by atoms with Gasteiger partial charge in [-0.2, -0.15) is 0 Å². The van der Waals surface area contributed by atoms with Crippen molar-refractivity contribution < 1.29 is 5.11 Å². The van der Waals surface area contributed by atoms with E-state index in [1.807, 2.05) is 37.3 Å². The Hall–Kier alpha value is -1.70. The molecular weight excluding hydrogens is 174 g/mol. The highest BCUT2D eigenvalue weighted by Gasteiger charge is 2.01. The lowest BCUT2D eigenvalue weighted by Gasteiger charge is -2.07. The van der Waals surface area contributed by atoms with Gasteiger partial charge in [0.1, 0.15) is 5.75 Å². The molecule has 2 heteroatoms. The average Bonchev–Trinajstić information content (AvgIpc) is 2.19. The van der Waals surface area contributed by atoms with Crippen molar-refractivity contribution in [3.05, 3.63) is 36.4 Å². The van der Waals surface area contributed by atoms with Crippen molar-refractivity contribution in [2.75, 3.05) is 11.9 Å². The number of hydrogen-bond acceptors (Lipinski definition) is 2. The summed E-state index contributed by atoms with van der Waals surface area (Å²) in [4.78, 5) is 0. The number of aromatic hydroxyl groups is 1. The lowest BCUT2D eigenvalue weighted by Crippen LogP contribution is -1.96. The molecule has 0 aliphatic heterocycles. The highest BCUT2D eigenvalue weighted by Crippen LogP contribution is 2.28. The molecule has 0 atom stereocenters. The van der Waals surface area contributed by atoms with Crippen LogP contribution in [0.3, 0.4) is 0 Å². The van der Waals surface area contributed by atoms with Gasteiger partial charge in [-0.3, -0.25) is 0 Å². The van der Waals surface area contributed by atoms with Crippen molar-refractivity contribution in [2.45, 2.75) is 6.92 Å². The second kappa shape index (κ2) is 3.58. The third-order valence-electron chi connectivity index (χ3n) is 2.23. The van der Waals surface area contributed by atoms with Gasteiger partial charge in [0.05, 0.1) is 5.69 Å². The molecule has 0 aromatic heterocycles. The van der Waals surface area contributed by atoms with Crippen LogP contribution in [0.2, 0.25) is 0 Å². The zero-order chi connectivity index (χ0) is 9.97. The topological polar surface area (TPSA) is 32.3 Å². The van der Waals surface area contributed by atoms with Crippen molar-refractivity contribution in [3.8, 4) is 5.75 Å². The van der Waals surface area contributed by atoms with Crippen molar-refractivity contribution in [1.82, 2.24) is 0 Å². The van der Waals surface area contributed by atoms with Crippen LogP contribution in [0.5, 0.6) is 5.75 Å². The van der Waals surface area contributed by atoms with Gasteiger partial charge in [-0.15, -0.1) is 0 Å². The van der Waals surface area contributed by atoms with Gasteiger partial charge in [0.25, 0.3) is 0 Å². The van der Waals surface area contributed by atoms with E-state index in [2.05, 4.69) is 5.32 Å². The lowest BCUT2D eigenvalue weighted by molar-refractivity contribution is 0.478. The van der Waals surface area contributed by atoms with Gasteiger partial charge in [-0.1, -0.05) is 24.3 Å². The molecule has 0 aliphatic carbocycles. The van der Waals surface area contributed by atoms with Crippen LogP contribution in [-0.4, -0.2) is 11.7 Å². The Bertz CT molecular complexity index is 451. The predicted octanol–water partition coefficient (Wildman–Crippen LogP) is 2.98. The van der Waals surface area contributed by atoms with Crippen LogP contribution < -0.4 is 5.32 Å². The SMILES string of the molecule is CCNc1cc2ccccc2cc1O. The quantitative estimate of drug-likeness (QED) is 0.708. The van der Waals surface area contributed by atoms with E-state index in [1.165, 1.54) is 0 Å². The molecule has 0 bridgehead atoms. The minimum atomic E-state index is 0.311. The highest BCUT2D eigenvalue weighted by molar-refractivity contribution is 5.88. The normalized spacial score (nSPS) is 10.4. The molecule has 2 aromatic rings. The Morgan fingerprint density at radius 2 is 1.79 bits per heavy atom. The Morgan fingerprint density at radius 1 is 1.14 bits per heavy atom. The zero-order valence-electron chi connectivity index (χ0n) is 8.12. The molecule has 2 N–H and O–H groups in total. The summed E-state index contributed by atoms with van der Waals surface area (Å²) in [7, 11) is 0. The van der Waals surface area contributed by atoms with Gasteiger partial charge in [-0.25, -0.2) is 0 Å². The van der Waals surface area contributed by atoms with Gasteiger partial charge >= 0.3 is 0 Å². The second-order valence-corrected chi connectivity index (χ2v) is 3.25. The molecule has 0 unspecified atom stereocenters. The van der Waals surface area contributed by atoms with Gasteiger partial charge in [-0.05, 0) is 29.8 Å². The predicted molar refractivity (Wildman–Crippen MR) is 59.8 cm³/mol. The first-order valence-electron chi connectivity index (χ1n) is 4.77. The molecule has 0 radical (unpaired) electrons. The van der Waals surface area contributed by atoms with Crippen LogP contribution in [0.1, 0.15) is 6.92 Å². The summed E-state index contributed by atoms with van der Waals surface area (Å²) in [5.41, 5.74) is 0.797. The van der Waals surface area contributed by atoms with Crippen LogP contribution in [0.4, 0.5) is 5.69 Å². The monoisotopic (exact) mass is 187 g/mol. The van der Waals surface area contributed by atoms with Gasteiger partial charge in [0.2, 0.25) is 0 Å². The van der Waals surface area contributed by atoms with E-state index in [0.29, 0.717) is 5.75 Å². The van der Waals surface area contributed by atoms with E-state index < -0.39 is 0 Å². The largest absolute Gasteiger partial charge is 0.506 e. The average molecular weight is 187 g/mol. The minimum absolute atomic E-state index is 0.311. The molecule has 2 aromatic carbocycles. The Kier molecular flexibility index (Phi) is 2.27. The van der Waals surface area contributed by atoms with E-state index in [9.17, 15) is 5.11 Å². The minimum Gasteiger partial charge on any atom is -0.506 e. The zero-order valence-corrected chi connectivity index (χ0v) is 8.12. The van der Waals surface area contributed by atoms with Crippen LogP contribution in [-0.2, 0) is 0 Å². The second-order valence-electron chi connectivity index (χ2n) is 3.25. The molecule has 0 amide bonds. The molecule has 2 rings (SSSR count). The molecule has 0 saturated carbocycles. The number of rotatable bonds is 2. The van der Waals surface area contributed by atoms with E-state index >= 15 is 0 Å². The number of phenolic OH excluding ortho intramolecular Hbond substituents is 1. The summed E-state index contributed by atoms with van der Waals surface area (Å²) in [6, 6.07) is 11.7. The van der Waals surface area contributed by atoms with Gasteiger partial charge < -0.3 is 10.4 Å². The highest BCUT2D eigenvalue weighted by atomic mass is 16.3. The molecule has 72 valence electrons. The number of benzene rings is 2. The smallest absolute Gasteiger partial charge is 0.139 e. The van der Waals surface area contributed by atoms with Crippen LogP contribution in [0.25, 0.3) is 10.8 Å². The first kappa shape index (κ1) is 8.88. The number of anilines is 1. The summed E-state index contributed by atoms with van der Waals surface area (Å²) in [5, 5.41) is 15.0. The Balaban J connectivity index is 2.59. The lowest BCUT2D eigenvalue weighted by atomic mass is 10.1. The van der Waals surface area contributed by atoms with E-state index in [4.69, 9.17) is 0 Å². The van der Waals surface area contributed by atoms with Crippen molar-refractivity contribution in [2.24, 2.45) is 0 Å². The Labute approximate surface area is 83.2 Å². The molecule has 0 saturated heterocycles. The molecule has 0 spiro atoms. The number of fused-ring (bicyclic) bond motifs is 1. The molecule has 14 heavy (non-hydrogen) atoms. The first-order valence-corrected chi connectivity index (χ1v) is 4.77. The van der Waals surface area contributed by atoms with E-state index in [1.54, 1.807) is 6.07 Å². The number of phenols is 1. The maximum atomic E-state index is 9.68. The summed E-state index contributed by atoms with van der Waals surface area (Å²) in [5.74, 6) is 0.311. The first-order chi connectivity index (χ1) is 6.81. The van der Waals surface area contributed by atoms with Crippen LogP contribution >= 0.6 is 0 Å². The molecular formula is C12H13NO. The van der Waals surface area contributed by atoms with Gasteiger partial charge in [0, 0.05) is 6.54 Å². The summed E-state index contributed by atoms with van der Waals surface area (Å²) < 4.78 is 0. The van der Waals surface area contributed by atoms with E-state index in [0.717, 1.165) is 23.0 Å². The van der Waals surface area contributed by atoms with Gasteiger partial charge in [0.15, 0.2) is 0 Å². The third-order valence-corrected chi connectivity index (χ3v) is 2.23. The summed E-state index contributed by atoms with van der Waals surface area (Å²) in [6.45, 7) is 2.82. The molecule has 0 fully saturated rings. The molecule has 0 heterocycles. The van der Waals surface area contributed by atoms with Crippen molar-refractivity contribution in [3.63, 3.8) is 0 Å². The Morgan fingerprint density at radius 3 is 2.43 bits per heavy atom. The summed E-state index contributed by atoms with van der Waals surface area (Å²) >= 11 is 0. The third kappa shape index (κ3) is 1.51. The molecule has 2 nitrogen and oxygen atoms in total. The van der Waals surface area contributed by atoms with Crippen LogP contribution in [0.15, 0.2) is 36.4 Å². The van der Waals surface area contributed by atoms with Crippen LogP contribution in [0, 0.1) is 0 Å². The fraction of sp³-hybridized carbons (Fsp3) is 0.167. The maximum Gasteiger partial charge on any atom is 0.139 e. The fourth-order valence-corrected chi connectivity index (χ4v) is 1.56. The number of hydrogen-bond donors (Lipinski definition) is 2. The van der Waals surface area contributed by atoms with E-state index in [-0.39, 0.29) is 0 Å². The standard InChI is InChI=1S/C12H13NO/c1-2-13-11-7-9-5-3-4-6-10(9)8-12(11)14/h3-8,13-14H,2H2,1H3. The van der Waals surface area contributed by atoms with Crippen molar-refractivity contribution >= 4 is 16.5 Å². The maximum absolute atomic E-state index is 9.68. The van der Waals surface area contributed by atoms with Crippen molar-refractivity contribution in [1.29, 1.82) is 0 Å².